The number of thiazole rings is 1. The van der Waals surface area contributed by atoms with E-state index in [1.54, 1.807) is 34.0 Å². The number of fused-ring (bicyclic) bond motifs is 1. The molecule has 0 aliphatic heterocycles. The molecule has 0 amide bonds. The summed E-state index contributed by atoms with van der Waals surface area (Å²) in [7, 11) is 0. The number of aromatic carboxylic acids is 1. The molecule has 6 heteroatoms. The SMILES string of the molecule is CCc1sc2nc(C)c(C(=O)O)n2c1-c1cccs1. The molecule has 3 aromatic rings. The van der Waals surface area contributed by atoms with Gasteiger partial charge in [-0.15, -0.1) is 22.7 Å². The molecule has 0 spiro atoms. The van der Waals surface area contributed by atoms with Crippen molar-refractivity contribution in [1.29, 1.82) is 0 Å². The number of carbonyl (C=O) groups is 1. The maximum atomic E-state index is 11.5. The van der Waals surface area contributed by atoms with Gasteiger partial charge in [0, 0.05) is 4.88 Å². The number of aromatic nitrogens is 2. The summed E-state index contributed by atoms with van der Waals surface area (Å²) >= 11 is 3.19. The molecule has 3 heterocycles. The Morgan fingerprint density at radius 2 is 2.32 bits per heavy atom. The van der Waals surface area contributed by atoms with Crippen molar-refractivity contribution in [2.75, 3.05) is 0 Å². The van der Waals surface area contributed by atoms with Crippen LogP contribution in [0.4, 0.5) is 0 Å². The molecule has 3 rings (SSSR count). The summed E-state index contributed by atoms with van der Waals surface area (Å²) in [5.41, 5.74) is 1.82. The summed E-state index contributed by atoms with van der Waals surface area (Å²) in [6.07, 6.45) is 0.874. The van der Waals surface area contributed by atoms with Crippen LogP contribution in [0.5, 0.6) is 0 Å². The van der Waals surface area contributed by atoms with Gasteiger partial charge in [-0.2, -0.15) is 0 Å². The van der Waals surface area contributed by atoms with Crippen molar-refractivity contribution in [1.82, 2.24) is 9.38 Å². The zero-order chi connectivity index (χ0) is 13.6. The number of imidazole rings is 1. The number of rotatable bonds is 3. The Morgan fingerprint density at radius 1 is 1.53 bits per heavy atom. The molecular formula is C13H12N2O2S2. The zero-order valence-corrected chi connectivity index (χ0v) is 12.1. The molecule has 1 N–H and O–H groups in total. The van der Waals surface area contributed by atoms with Crippen molar-refractivity contribution in [2.45, 2.75) is 20.3 Å². The van der Waals surface area contributed by atoms with Crippen LogP contribution in [0, 0.1) is 6.92 Å². The summed E-state index contributed by atoms with van der Waals surface area (Å²) in [6, 6.07) is 4.00. The Labute approximate surface area is 118 Å². The lowest BCUT2D eigenvalue weighted by Crippen LogP contribution is -2.04. The molecule has 0 atom stereocenters. The lowest BCUT2D eigenvalue weighted by atomic mass is 10.2. The van der Waals surface area contributed by atoms with Gasteiger partial charge in [-0.3, -0.25) is 4.40 Å². The number of nitrogens with zero attached hydrogens (tertiary/aromatic N) is 2. The van der Waals surface area contributed by atoms with E-state index in [1.165, 1.54) is 4.88 Å². The van der Waals surface area contributed by atoms with E-state index < -0.39 is 5.97 Å². The average Bonchev–Trinajstić information content (AvgIpc) is 3.01. The molecule has 0 fully saturated rings. The van der Waals surface area contributed by atoms with E-state index in [9.17, 15) is 9.90 Å². The first-order valence-electron chi connectivity index (χ1n) is 5.91. The molecule has 4 nitrogen and oxygen atoms in total. The third-order valence-electron chi connectivity index (χ3n) is 3.00. The van der Waals surface area contributed by atoms with Crippen LogP contribution >= 0.6 is 22.7 Å². The summed E-state index contributed by atoms with van der Waals surface area (Å²) in [5, 5.41) is 11.4. The maximum absolute atomic E-state index is 11.5. The van der Waals surface area contributed by atoms with Crippen LogP contribution in [0.3, 0.4) is 0 Å². The van der Waals surface area contributed by atoms with Crippen molar-refractivity contribution in [2.24, 2.45) is 0 Å². The van der Waals surface area contributed by atoms with E-state index in [4.69, 9.17) is 0 Å². The van der Waals surface area contributed by atoms with Crippen LogP contribution in [-0.4, -0.2) is 20.5 Å². The lowest BCUT2D eigenvalue weighted by Gasteiger charge is -2.02. The molecule has 3 aromatic heterocycles. The van der Waals surface area contributed by atoms with Crippen molar-refractivity contribution in [3.05, 3.63) is 33.8 Å². The van der Waals surface area contributed by atoms with E-state index in [0.717, 1.165) is 22.0 Å². The predicted octanol–water partition coefficient (Wildman–Crippen LogP) is 3.69. The van der Waals surface area contributed by atoms with E-state index in [-0.39, 0.29) is 5.69 Å². The third-order valence-corrected chi connectivity index (χ3v) is 5.06. The van der Waals surface area contributed by atoms with Gasteiger partial charge in [0.25, 0.3) is 0 Å². The Hall–Kier alpha value is -1.66. The molecule has 0 bridgehead atoms. The minimum Gasteiger partial charge on any atom is -0.477 e. The van der Waals surface area contributed by atoms with Gasteiger partial charge in [-0.25, -0.2) is 9.78 Å². The van der Waals surface area contributed by atoms with Gasteiger partial charge in [0.1, 0.15) is 0 Å². The number of carboxylic acid groups (broad SMARTS) is 1. The van der Waals surface area contributed by atoms with Crippen molar-refractivity contribution < 1.29 is 9.90 Å². The van der Waals surface area contributed by atoms with Crippen molar-refractivity contribution in [3.8, 4) is 10.6 Å². The van der Waals surface area contributed by atoms with Gasteiger partial charge in [-0.1, -0.05) is 13.0 Å². The standard InChI is InChI=1S/C13H12N2O2S2/c1-3-8-11(9-5-4-6-18-9)15-10(12(16)17)7(2)14-13(15)19-8/h4-6H,3H2,1-2H3,(H,16,17). The second kappa shape index (κ2) is 4.47. The summed E-state index contributed by atoms with van der Waals surface area (Å²) in [6.45, 7) is 3.82. The summed E-state index contributed by atoms with van der Waals surface area (Å²) < 4.78 is 1.78. The lowest BCUT2D eigenvalue weighted by molar-refractivity contribution is 0.0688. The number of thiophene rings is 1. The van der Waals surface area contributed by atoms with Gasteiger partial charge < -0.3 is 5.11 Å². The molecule has 0 saturated carbocycles. The average molecular weight is 292 g/mol. The molecular weight excluding hydrogens is 280 g/mol. The van der Waals surface area contributed by atoms with Gasteiger partial charge >= 0.3 is 5.97 Å². The minimum atomic E-state index is -0.928. The highest BCUT2D eigenvalue weighted by atomic mass is 32.1. The Morgan fingerprint density at radius 3 is 2.89 bits per heavy atom. The Balaban J connectivity index is 2.43. The fourth-order valence-electron chi connectivity index (χ4n) is 2.21. The highest BCUT2D eigenvalue weighted by molar-refractivity contribution is 7.18. The van der Waals surface area contributed by atoms with E-state index >= 15 is 0 Å². The second-order valence-corrected chi connectivity index (χ2v) is 6.18. The second-order valence-electron chi connectivity index (χ2n) is 4.17. The summed E-state index contributed by atoms with van der Waals surface area (Å²) in [4.78, 5) is 18.9. The fourth-order valence-corrected chi connectivity index (χ4v) is 4.18. The largest absolute Gasteiger partial charge is 0.477 e. The molecule has 19 heavy (non-hydrogen) atoms. The van der Waals surface area contributed by atoms with Gasteiger partial charge in [0.15, 0.2) is 10.7 Å². The van der Waals surface area contributed by atoms with Crippen LogP contribution in [0.25, 0.3) is 15.5 Å². The minimum absolute atomic E-state index is 0.273. The zero-order valence-electron chi connectivity index (χ0n) is 10.5. The maximum Gasteiger partial charge on any atom is 0.354 e. The van der Waals surface area contributed by atoms with Crippen LogP contribution in [-0.2, 0) is 6.42 Å². The van der Waals surface area contributed by atoms with Gasteiger partial charge in [0.05, 0.1) is 16.3 Å². The first kappa shape index (κ1) is 12.4. The number of hydrogen-bond donors (Lipinski definition) is 1. The van der Waals surface area contributed by atoms with E-state index in [0.29, 0.717) is 5.69 Å². The normalized spacial score (nSPS) is 11.3. The van der Waals surface area contributed by atoms with Crippen LogP contribution < -0.4 is 0 Å². The number of aryl methyl sites for hydroxylation is 2. The quantitative estimate of drug-likeness (QED) is 0.801. The van der Waals surface area contributed by atoms with Crippen molar-refractivity contribution in [3.63, 3.8) is 0 Å². The Bertz CT molecular complexity index is 753. The predicted molar refractivity (Wildman–Crippen MR) is 77.5 cm³/mol. The molecule has 0 unspecified atom stereocenters. The number of carboxylic acids is 1. The van der Waals surface area contributed by atoms with E-state index in [1.807, 2.05) is 17.5 Å². The summed E-state index contributed by atoms with van der Waals surface area (Å²) in [5.74, 6) is -0.928. The van der Waals surface area contributed by atoms with Gasteiger partial charge in [-0.05, 0) is 24.8 Å². The number of hydrogen-bond acceptors (Lipinski definition) is 4. The molecule has 0 aliphatic carbocycles. The van der Waals surface area contributed by atoms with Gasteiger partial charge in [0.2, 0.25) is 0 Å². The van der Waals surface area contributed by atoms with E-state index in [2.05, 4.69) is 11.9 Å². The topological polar surface area (TPSA) is 54.6 Å². The van der Waals surface area contributed by atoms with Crippen LogP contribution in [0.2, 0.25) is 0 Å². The molecule has 0 aromatic carbocycles. The molecule has 0 aliphatic rings. The first-order chi connectivity index (χ1) is 9.13. The van der Waals surface area contributed by atoms with Crippen molar-refractivity contribution >= 4 is 33.6 Å². The van der Waals surface area contributed by atoms with Crippen LogP contribution in [0.1, 0.15) is 28.0 Å². The smallest absolute Gasteiger partial charge is 0.354 e. The molecule has 0 radical (unpaired) electrons. The third kappa shape index (κ3) is 1.79. The highest BCUT2D eigenvalue weighted by Crippen LogP contribution is 2.36. The Kier molecular flexibility index (Phi) is 2.91. The monoisotopic (exact) mass is 292 g/mol. The highest BCUT2D eigenvalue weighted by Gasteiger charge is 2.23. The van der Waals surface area contributed by atoms with Crippen LogP contribution in [0.15, 0.2) is 17.5 Å². The molecule has 98 valence electrons. The first-order valence-corrected chi connectivity index (χ1v) is 7.61. The molecule has 0 saturated heterocycles. The fraction of sp³-hybridized carbons (Fsp3) is 0.231.